The van der Waals surface area contributed by atoms with Gasteiger partial charge < -0.3 is 20.1 Å². The Bertz CT molecular complexity index is 831. The molecule has 36 heavy (non-hydrogen) atoms. The predicted molar refractivity (Wildman–Crippen MR) is 147 cm³/mol. The Morgan fingerprint density at radius 1 is 1.19 bits per heavy atom. The van der Waals surface area contributed by atoms with Crippen LogP contribution in [-0.2, 0) is 4.74 Å². The molecule has 0 spiro atoms. The molecular formula is C32H52O4. The summed E-state index contributed by atoms with van der Waals surface area (Å²) in [6, 6.07) is 0. The third kappa shape index (κ3) is 6.47. The van der Waals surface area contributed by atoms with E-state index < -0.39 is 17.8 Å². The summed E-state index contributed by atoms with van der Waals surface area (Å²) >= 11 is 0. The summed E-state index contributed by atoms with van der Waals surface area (Å²) in [5.41, 5.74) is 2.02. The number of aliphatic hydroxyl groups excluding tert-OH is 2. The van der Waals surface area contributed by atoms with Gasteiger partial charge in [-0.2, -0.15) is 0 Å². The van der Waals surface area contributed by atoms with Crippen LogP contribution in [0.4, 0.5) is 0 Å². The van der Waals surface area contributed by atoms with Gasteiger partial charge in [-0.3, -0.25) is 0 Å². The smallest absolute Gasteiger partial charge is 0.121 e. The summed E-state index contributed by atoms with van der Waals surface area (Å²) in [6.45, 7) is 15.7. The summed E-state index contributed by atoms with van der Waals surface area (Å²) in [5.74, 6) is 8.37. The van der Waals surface area contributed by atoms with Gasteiger partial charge in [0.1, 0.15) is 6.10 Å². The Labute approximate surface area is 220 Å². The number of ether oxygens (including phenoxy) is 1. The average Bonchev–Trinajstić information content (AvgIpc) is 3.21. The van der Waals surface area contributed by atoms with Crippen LogP contribution in [0.15, 0.2) is 23.8 Å². The molecule has 204 valence electrons. The van der Waals surface area contributed by atoms with Gasteiger partial charge in [-0.1, -0.05) is 57.8 Å². The molecule has 0 saturated heterocycles. The first-order valence-corrected chi connectivity index (χ1v) is 14.6. The highest BCUT2D eigenvalue weighted by atomic mass is 16.5. The molecule has 0 aromatic heterocycles. The third-order valence-electron chi connectivity index (χ3n) is 10.1. The first-order valence-electron chi connectivity index (χ1n) is 14.6. The normalized spacial score (nSPS) is 35.7. The molecule has 3 aliphatic rings. The minimum atomic E-state index is -0.698. The molecule has 0 aromatic carbocycles. The van der Waals surface area contributed by atoms with Crippen molar-refractivity contribution in [1.29, 1.82) is 0 Å². The van der Waals surface area contributed by atoms with Gasteiger partial charge in [-0.05, 0) is 99.4 Å². The monoisotopic (exact) mass is 500 g/mol. The largest absolute Gasteiger partial charge is 0.393 e. The van der Waals surface area contributed by atoms with Gasteiger partial charge >= 0.3 is 0 Å². The van der Waals surface area contributed by atoms with Crippen LogP contribution in [0.3, 0.4) is 0 Å². The fourth-order valence-corrected chi connectivity index (χ4v) is 7.52. The Hall–Kier alpha value is -1.12. The van der Waals surface area contributed by atoms with E-state index in [9.17, 15) is 15.3 Å². The highest BCUT2D eigenvalue weighted by molar-refractivity contribution is 5.22. The zero-order valence-electron chi connectivity index (χ0n) is 23.6. The number of hydrogen-bond acceptors (Lipinski definition) is 4. The molecule has 0 heterocycles. The van der Waals surface area contributed by atoms with Crippen LogP contribution in [0.1, 0.15) is 105 Å². The fourth-order valence-electron chi connectivity index (χ4n) is 7.52. The molecule has 3 saturated carbocycles. The number of rotatable bonds is 9. The van der Waals surface area contributed by atoms with Gasteiger partial charge in [0.2, 0.25) is 0 Å². The highest BCUT2D eigenvalue weighted by Crippen LogP contribution is 2.60. The number of hydrogen-bond donors (Lipinski definition) is 3. The van der Waals surface area contributed by atoms with Crippen molar-refractivity contribution in [2.24, 2.45) is 29.1 Å². The maximum atomic E-state index is 10.7. The zero-order chi connectivity index (χ0) is 26.5. The second-order valence-corrected chi connectivity index (χ2v) is 12.2. The van der Waals surface area contributed by atoms with Crippen molar-refractivity contribution >= 4 is 0 Å². The fraction of sp³-hybridized carbons (Fsp3) is 0.812. The highest BCUT2D eigenvalue weighted by Gasteiger charge is 2.52. The lowest BCUT2D eigenvalue weighted by Crippen LogP contribution is -2.39. The average molecular weight is 501 g/mol. The summed E-state index contributed by atoms with van der Waals surface area (Å²) in [5, 5.41) is 31.1. The van der Waals surface area contributed by atoms with Gasteiger partial charge in [0.05, 0.1) is 17.8 Å². The Morgan fingerprint density at radius 3 is 2.58 bits per heavy atom. The van der Waals surface area contributed by atoms with Crippen molar-refractivity contribution in [3.8, 4) is 11.8 Å². The molecule has 3 N–H and O–H groups in total. The van der Waals surface area contributed by atoms with E-state index in [-0.39, 0.29) is 17.4 Å². The molecule has 4 nitrogen and oxygen atoms in total. The SMILES string of the molecule is C=C1C(C/C=C2\CCC[C@]3(C)[C@@H]([C@@H](C)C(C#CCC(O)(CC)CC)OCC)CC[C@@H]23)C[C@@H](O)C[C@@H]1O. The molecule has 2 unspecified atom stereocenters. The number of fused-ring (bicyclic) bond motifs is 1. The maximum Gasteiger partial charge on any atom is 0.121 e. The summed E-state index contributed by atoms with van der Waals surface area (Å²) in [6.07, 6.45) is 11.3. The second kappa shape index (κ2) is 12.6. The quantitative estimate of drug-likeness (QED) is 0.261. The molecule has 0 aromatic rings. The van der Waals surface area contributed by atoms with Gasteiger partial charge in [0.25, 0.3) is 0 Å². The lowest BCUT2D eigenvalue weighted by Gasteiger charge is -2.45. The molecule has 3 aliphatic carbocycles. The van der Waals surface area contributed by atoms with Crippen LogP contribution >= 0.6 is 0 Å². The van der Waals surface area contributed by atoms with Crippen LogP contribution < -0.4 is 0 Å². The van der Waals surface area contributed by atoms with Gasteiger partial charge in [0.15, 0.2) is 0 Å². The number of aliphatic hydroxyl groups is 3. The van der Waals surface area contributed by atoms with Crippen LogP contribution in [-0.4, -0.2) is 45.8 Å². The van der Waals surface area contributed by atoms with Crippen LogP contribution in [0.5, 0.6) is 0 Å². The van der Waals surface area contributed by atoms with Crippen LogP contribution in [0.25, 0.3) is 0 Å². The van der Waals surface area contributed by atoms with Crippen molar-refractivity contribution < 1.29 is 20.1 Å². The van der Waals surface area contributed by atoms with Gasteiger partial charge in [0, 0.05) is 19.4 Å². The Morgan fingerprint density at radius 2 is 1.92 bits per heavy atom. The summed E-state index contributed by atoms with van der Waals surface area (Å²) < 4.78 is 6.18. The molecule has 3 fully saturated rings. The van der Waals surface area contributed by atoms with E-state index in [1.54, 1.807) is 5.57 Å². The molecule has 3 rings (SSSR count). The summed E-state index contributed by atoms with van der Waals surface area (Å²) in [4.78, 5) is 0. The third-order valence-corrected chi connectivity index (χ3v) is 10.1. The van der Waals surface area contributed by atoms with E-state index in [1.807, 2.05) is 20.8 Å². The standard InChI is InChI=1S/C32H52O4/c1-7-32(35,8-2)19-11-13-30(36-9-3)23(5)27-16-17-28-24(12-10-18-31(27,28)6)14-15-25-20-26(33)21-29(34)22(25)4/h14,23,25-30,33-35H,4,7-10,12,15-21H2,1-3,5-6H3/b24-14+/t23-,25?,26-,27-,28+,29+,30?,31-/m1/s1. The van der Waals surface area contributed by atoms with E-state index in [0.717, 1.165) is 31.3 Å². The minimum absolute atomic E-state index is 0.101. The Kier molecular flexibility index (Phi) is 10.3. The maximum absolute atomic E-state index is 10.7. The Balaban J connectivity index is 1.73. The van der Waals surface area contributed by atoms with Crippen molar-refractivity contribution in [2.75, 3.05) is 6.61 Å². The van der Waals surface area contributed by atoms with E-state index >= 15 is 0 Å². The van der Waals surface area contributed by atoms with Crippen molar-refractivity contribution in [3.05, 3.63) is 23.8 Å². The molecule has 0 aliphatic heterocycles. The van der Waals surface area contributed by atoms with E-state index in [1.165, 1.54) is 25.7 Å². The van der Waals surface area contributed by atoms with Crippen LogP contribution in [0.2, 0.25) is 0 Å². The molecule has 0 bridgehead atoms. The zero-order valence-corrected chi connectivity index (χ0v) is 23.6. The topological polar surface area (TPSA) is 69.9 Å². The van der Waals surface area contributed by atoms with Gasteiger partial charge in [-0.25, -0.2) is 0 Å². The van der Waals surface area contributed by atoms with E-state index in [4.69, 9.17) is 4.74 Å². The van der Waals surface area contributed by atoms with E-state index in [0.29, 0.717) is 43.6 Å². The van der Waals surface area contributed by atoms with Gasteiger partial charge in [-0.15, -0.1) is 0 Å². The molecular weight excluding hydrogens is 448 g/mol. The van der Waals surface area contributed by atoms with E-state index in [2.05, 4.69) is 38.3 Å². The van der Waals surface area contributed by atoms with Crippen molar-refractivity contribution in [1.82, 2.24) is 0 Å². The lowest BCUT2D eigenvalue weighted by atomic mass is 9.60. The molecule has 0 radical (unpaired) electrons. The first kappa shape index (κ1) is 29.4. The minimum Gasteiger partial charge on any atom is -0.393 e. The number of allylic oxidation sites excluding steroid dienone is 2. The molecule has 8 atom stereocenters. The first-order chi connectivity index (χ1) is 17.1. The lowest BCUT2D eigenvalue weighted by molar-refractivity contribution is 0.00475. The summed E-state index contributed by atoms with van der Waals surface area (Å²) in [7, 11) is 0. The molecule has 0 amide bonds. The predicted octanol–water partition coefficient (Wildman–Crippen LogP) is 6.19. The van der Waals surface area contributed by atoms with Crippen molar-refractivity contribution in [3.63, 3.8) is 0 Å². The second-order valence-electron chi connectivity index (χ2n) is 12.2. The van der Waals surface area contributed by atoms with Crippen molar-refractivity contribution in [2.45, 2.75) is 129 Å². The van der Waals surface area contributed by atoms with Crippen LogP contribution in [0, 0.1) is 40.9 Å². The molecule has 4 heteroatoms.